The Morgan fingerprint density at radius 1 is 1.08 bits per heavy atom. The van der Waals surface area contributed by atoms with Crippen molar-refractivity contribution in [3.63, 3.8) is 0 Å². The predicted molar refractivity (Wildman–Crippen MR) is 46.5 cm³/mol. The molecule has 2 rings (SSSR count). The lowest BCUT2D eigenvalue weighted by atomic mass is 10.1. The van der Waals surface area contributed by atoms with E-state index in [1.165, 1.54) is 6.34 Å². The van der Waals surface area contributed by atoms with Crippen LogP contribution in [-0.4, -0.2) is 18.0 Å². The highest BCUT2D eigenvalue weighted by atomic mass is 16.1. The number of hydrogen-bond donors (Lipinski definition) is 0. The molecule has 0 unspecified atom stereocenters. The second kappa shape index (κ2) is 2.70. The maximum absolute atomic E-state index is 11.0. The molecule has 0 fully saturated rings. The highest BCUT2D eigenvalue weighted by Gasteiger charge is 2.14. The Bertz CT molecular complexity index is 365. The van der Waals surface area contributed by atoms with Crippen molar-refractivity contribution in [2.24, 2.45) is 9.98 Å². The summed E-state index contributed by atoms with van der Waals surface area (Å²) in [7, 11) is 0. The van der Waals surface area contributed by atoms with Gasteiger partial charge in [0.25, 0.3) is 5.91 Å². The minimum absolute atomic E-state index is 0.263. The van der Waals surface area contributed by atoms with E-state index in [4.69, 9.17) is 0 Å². The van der Waals surface area contributed by atoms with Gasteiger partial charge >= 0.3 is 0 Å². The van der Waals surface area contributed by atoms with Gasteiger partial charge in [-0.1, -0.05) is 30.3 Å². The van der Waals surface area contributed by atoms with Crippen molar-refractivity contribution in [2.45, 2.75) is 0 Å². The van der Waals surface area contributed by atoms with Gasteiger partial charge < -0.3 is 0 Å². The molecule has 0 bridgehead atoms. The predicted octanol–water partition coefficient (Wildman–Crippen LogP) is 1.04. The van der Waals surface area contributed by atoms with E-state index in [2.05, 4.69) is 9.98 Å². The van der Waals surface area contributed by atoms with Crippen molar-refractivity contribution in [1.29, 1.82) is 0 Å². The van der Waals surface area contributed by atoms with E-state index >= 15 is 0 Å². The number of carbonyl (C=O) groups is 1. The third-order valence-corrected chi connectivity index (χ3v) is 1.61. The second-order valence-corrected chi connectivity index (χ2v) is 2.39. The molecule has 1 aliphatic rings. The maximum atomic E-state index is 11.0. The highest BCUT2D eigenvalue weighted by Crippen LogP contribution is 2.05. The van der Waals surface area contributed by atoms with Gasteiger partial charge in [-0.25, -0.2) is 4.99 Å². The number of rotatable bonds is 1. The summed E-state index contributed by atoms with van der Waals surface area (Å²) < 4.78 is 0. The van der Waals surface area contributed by atoms with Crippen molar-refractivity contribution >= 4 is 18.0 Å². The molecular formula is C9H6N2O. The number of nitrogens with zero attached hydrogens (tertiary/aromatic N) is 2. The van der Waals surface area contributed by atoms with Crippen LogP contribution in [0.2, 0.25) is 0 Å². The van der Waals surface area contributed by atoms with Gasteiger partial charge in [-0.3, -0.25) is 4.79 Å². The molecule has 0 N–H and O–H groups in total. The van der Waals surface area contributed by atoms with E-state index in [-0.39, 0.29) is 5.91 Å². The van der Waals surface area contributed by atoms with E-state index in [1.807, 2.05) is 30.3 Å². The Labute approximate surface area is 69.5 Å². The van der Waals surface area contributed by atoms with Crippen LogP contribution in [0, 0.1) is 0 Å². The number of aliphatic imine (C=N–C) groups is 2. The summed E-state index contributed by atoms with van der Waals surface area (Å²) in [5, 5.41) is 0. The van der Waals surface area contributed by atoms with Crippen molar-refractivity contribution in [1.82, 2.24) is 0 Å². The molecule has 12 heavy (non-hydrogen) atoms. The lowest BCUT2D eigenvalue weighted by Crippen LogP contribution is -2.08. The Morgan fingerprint density at radius 3 is 2.42 bits per heavy atom. The second-order valence-electron chi connectivity index (χ2n) is 2.39. The average Bonchev–Trinajstić information content (AvgIpc) is 2.53. The largest absolute Gasteiger partial charge is 0.297 e. The molecule has 1 aromatic carbocycles. The van der Waals surface area contributed by atoms with Gasteiger partial charge in [-0.2, -0.15) is 4.99 Å². The van der Waals surface area contributed by atoms with Gasteiger partial charge in [-0.15, -0.1) is 0 Å². The Kier molecular flexibility index (Phi) is 1.55. The van der Waals surface area contributed by atoms with Crippen molar-refractivity contribution in [3.05, 3.63) is 35.9 Å². The van der Waals surface area contributed by atoms with Gasteiger partial charge in [0, 0.05) is 5.56 Å². The first kappa shape index (κ1) is 6.91. The monoisotopic (exact) mass is 158 g/mol. The SMILES string of the molecule is O=C1N=CN=C1c1ccccc1. The molecule has 58 valence electrons. The van der Waals surface area contributed by atoms with Crippen LogP contribution in [0.3, 0.4) is 0 Å². The summed E-state index contributed by atoms with van der Waals surface area (Å²) >= 11 is 0. The Hall–Kier alpha value is -1.77. The zero-order valence-corrected chi connectivity index (χ0v) is 6.27. The van der Waals surface area contributed by atoms with E-state index in [0.717, 1.165) is 5.56 Å². The quantitative estimate of drug-likeness (QED) is 0.602. The van der Waals surface area contributed by atoms with Crippen molar-refractivity contribution < 1.29 is 4.79 Å². The summed E-state index contributed by atoms with van der Waals surface area (Å²) in [6.07, 6.45) is 1.28. The number of hydrogen-bond acceptors (Lipinski definition) is 2. The van der Waals surface area contributed by atoms with Crippen LogP contribution in [0.1, 0.15) is 5.56 Å². The van der Waals surface area contributed by atoms with Gasteiger partial charge in [0.1, 0.15) is 12.1 Å². The smallest absolute Gasteiger partial charge is 0.265 e. The maximum Gasteiger partial charge on any atom is 0.297 e. The fraction of sp³-hybridized carbons (Fsp3) is 0. The third-order valence-electron chi connectivity index (χ3n) is 1.61. The number of amides is 1. The summed E-state index contributed by atoms with van der Waals surface area (Å²) in [5.74, 6) is -0.263. The van der Waals surface area contributed by atoms with E-state index in [1.54, 1.807) is 0 Å². The van der Waals surface area contributed by atoms with E-state index in [9.17, 15) is 4.79 Å². The summed E-state index contributed by atoms with van der Waals surface area (Å²) in [6.45, 7) is 0. The fourth-order valence-electron chi connectivity index (χ4n) is 1.05. The minimum Gasteiger partial charge on any atom is -0.265 e. The molecule has 0 saturated heterocycles. The molecule has 0 radical (unpaired) electrons. The molecule has 0 aliphatic carbocycles. The van der Waals surface area contributed by atoms with E-state index < -0.39 is 0 Å². The van der Waals surface area contributed by atoms with Crippen LogP contribution in [0.5, 0.6) is 0 Å². The van der Waals surface area contributed by atoms with Crippen LogP contribution < -0.4 is 0 Å². The molecule has 0 atom stereocenters. The highest BCUT2D eigenvalue weighted by molar-refractivity contribution is 6.49. The lowest BCUT2D eigenvalue weighted by Gasteiger charge is -1.95. The molecule has 3 nitrogen and oxygen atoms in total. The van der Waals surface area contributed by atoms with Crippen LogP contribution >= 0.6 is 0 Å². The third kappa shape index (κ3) is 1.05. The molecule has 3 heteroatoms. The van der Waals surface area contributed by atoms with E-state index in [0.29, 0.717) is 5.71 Å². The fourth-order valence-corrected chi connectivity index (χ4v) is 1.05. The van der Waals surface area contributed by atoms with Gasteiger partial charge in [-0.05, 0) is 0 Å². The topological polar surface area (TPSA) is 41.8 Å². The summed E-state index contributed by atoms with van der Waals surface area (Å²) in [6, 6.07) is 9.30. The van der Waals surface area contributed by atoms with Gasteiger partial charge in [0.15, 0.2) is 0 Å². The first-order chi connectivity index (χ1) is 5.88. The van der Waals surface area contributed by atoms with Crippen molar-refractivity contribution in [3.8, 4) is 0 Å². The molecule has 1 amide bonds. The average molecular weight is 158 g/mol. The minimum atomic E-state index is -0.263. The van der Waals surface area contributed by atoms with Crippen molar-refractivity contribution in [2.75, 3.05) is 0 Å². The number of benzene rings is 1. The molecule has 0 aromatic heterocycles. The molecule has 1 aromatic rings. The summed E-state index contributed by atoms with van der Waals surface area (Å²) in [5.41, 5.74) is 1.25. The molecule has 1 aliphatic heterocycles. The Morgan fingerprint density at radius 2 is 1.83 bits per heavy atom. The van der Waals surface area contributed by atoms with Crippen LogP contribution in [0.4, 0.5) is 0 Å². The van der Waals surface area contributed by atoms with Crippen LogP contribution in [0.15, 0.2) is 40.3 Å². The first-order valence-electron chi connectivity index (χ1n) is 3.58. The van der Waals surface area contributed by atoms with Gasteiger partial charge in [0.05, 0.1) is 0 Å². The molecular weight excluding hydrogens is 152 g/mol. The summed E-state index contributed by atoms with van der Waals surface area (Å²) in [4.78, 5) is 18.4. The normalized spacial score (nSPS) is 15.0. The van der Waals surface area contributed by atoms with Gasteiger partial charge in [0.2, 0.25) is 0 Å². The first-order valence-corrected chi connectivity index (χ1v) is 3.58. The molecule has 1 heterocycles. The lowest BCUT2D eigenvalue weighted by molar-refractivity contribution is -0.111. The number of carbonyl (C=O) groups excluding carboxylic acids is 1. The zero-order valence-electron chi connectivity index (χ0n) is 6.27. The Balaban J connectivity index is 2.40. The standard InChI is InChI=1S/C9H6N2O/c12-9-8(10-6-11-9)7-4-2-1-3-5-7/h1-6H. The van der Waals surface area contributed by atoms with Crippen LogP contribution in [-0.2, 0) is 4.79 Å². The molecule has 0 spiro atoms. The van der Waals surface area contributed by atoms with Crippen LogP contribution in [0.25, 0.3) is 0 Å². The zero-order chi connectivity index (χ0) is 8.39. The molecule has 0 saturated carbocycles.